The first-order valence-corrected chi connectivity index (χ1v) is 21.4. The lowest BCUT2D eigenvalue weighted by molar-refractivity contribution is -0.00992. The van der Waals surface area contributed by atoms with E-state index in [1.54, 1.807) is 0 Å². The molecule has 3 aliphatic heterocycles. The molecular formula is C47H38O4P2. The Labute approximate surface area is 312 Å². The number of hydrogen-bond acceptors (Lipinski definition) is 4. The van der Waals surface area contributed by atoms with Crippen molar-refractivity contribution in [3.05, 3.63) is 158 Å². The second-order valence-electron chi connectivity index (χ2n) is 14.7. The van der Waals surface area contributed by atoms with Gasteiger partial charge in [-0.05, 0) is 102 Å². The van der Waals surface area contributed by atoms with Crippen LogP contribution in [0.5, 0.6) is 23.0 Å². The minimum absolute atomic E-state index is 0.348. The van der Waals surface area contributed by atoms with Gasteiger partial charge in [0.25, 0.3) is 0 Å². The van der Waals surface area contributed by atoms with Crippen LogP contribution in [0.15, 0.2) is 158 Å². The number of fused-ring (bicyclic) bond motifs is 8. The predicted octanol–water partition coefficient (Wildman–Crippen LogP) is 8.30. The van der Waals surface area contributed by atoms with Gasteiger partial charge in [-0.2, -0.15) is 0 Å². The molecule has 6 bridgehead atoms. The highest BCUT2D eigenvalue weighted by Gasteiger charge is 2.49. The molecule has 0 amide bonds. The van der Waals surface area contributed by atoms with E-state index in [-0.39, 0.29) is 12.6 Å². The van der Waals surface area contributed by atoms with Crippen LogP contribution in [0.2, 0.25) is 0 Å². The van der Waals surface area contributed by atoms with E-state index in [9.17, 15) is 0 Å². The van der Waals surface area contributed by atoms with E-state index in [0.717, 1.165) is 47.0 Å². The molecule has 11 rings (SSSR count). The van der Waals surface area contributed by atoms with Crippen LogP contribution in [0.25, 0.3) is 11.1 Å². The molecular weight excluding hydrogens is 690 g/mol. The maximum Gasteiger partial charge on any atom is 0.241 e. The summed E-state index contributed by atoms with van der Waals surface area (Å²) in [7, 11) is -2.02. The summed E-state index contributed by atoms with van der Waals surface area (Å²) in [5, 5.41) is 7.55. The molecule has 5 aliphatic rings. The fourth-order valence-corrected chi connectivity index (χ4v) is 14.4. The minimum atomic E-state index is -1.01. The van der Waals surface area contributed by atoms with Crippen LogP contribution in [0.3, 0.4) is 0 Å². The second-order valence-corrected chi connectivity index (χ2v) is 19.0. The van der Waals surface area contributed by atoms with Crippen molar-refractivity contribution in [1.82, 2.24) is 0 Å². The van der Waals surface area contributed by atoms with Gasteiger partial charge in [0, 0.05) is 24.0 Å². The number of rotatable bonds is 6. The van der Waals surface area contributed by atoms with E-state index in [1.165, 1.54) is 38.2 Å². The van der Waals surface area contributed by atoms with Crippen molar-refractivity contribution in [2.75, 3.05) is 0 Å². The lowest BCUT2D eigenvalue weighted by Crippen LogP contribution is -2.33. The molecule has 0 N–H and O–H groups in total. The van der Waals surface area contributed by atoms with Gasteiger partial charge in [0.05, 0.1) is 0 Å². The van der Waals surface area contributed by atoms with Crippen LogP contribution in [0.4, 0.5) is 0 Å². The highest BCUT2D eigenvalue weighted by molar-refractivity contribution is 7.80. The summed E-state index contributed by atoms with van der Waals surface area (Å²) >= 11 is 0. The highest BCUT2D eigenvalue weighted by atomic mass is 31.1. The average Bonchev–Trinajstić information content (AvgIpc) is 4.01. The zero-order chi connectivity index (χ0) is 34.9. The molecule has 3 heterocycles. The Balaban J connectivity index is 1.21. The van der Waals surface area contributed by atoms with E-state index in [4.69, 9.17) is 18.9 Å². The second kappa shape index (κ2) is 12.9. The molecule has 1 saturated carbocycles. The third kappa shape index (κ3) is 5.33. The molecule has 6 atom stereocenters. The third-order valence-corrected chi connectivity index (χ3v) is 16.7. The number of hydrogen-bond donors (Lipinski definition) is 0. The zero-order valence-electron chi connectivity index (χ0n) is 29.1. The average molecular weight is 729 g/mol. The number of ether oxygens (including phenoxy) is 4. The van der Waals surface area contributed by atoms with Gasteiger partial charge in [0.15, 0.2) is 23.0 Å². The van der Waals surface area contributed by atoms with Gasteiger partial charge in [-0.3, -0.25) is 0 Å². The molecule has 6 heteroatoms. The Morgan fingerprint density at radius 1 is 0.377 bits per heavy atom. The maximum absolute atomic E-state index is 7.17. The van der Waals surface area contributed by atoms with Gasteiger partial charge in [0.2, 0.25) is 12.6 Å². The van der Waals surface area contributed by atoms with E-state index >= 15 is 0 Å². The van der Waals surface area contributed by atoms with Crippen LogP contribution in [-0.4, -0.2) is 12.6 Å². The van der Waals surface area contributed by atoms with Crippen molar-refractivity contribution in [3.8, 4) is 34.1 Å². The predicted molar refractivity (Wildman–Crippen MR) is 216 cm³/mol. The van der Waals surface area contributed by atoms with Gasteiger partial charge in [0.1, 0.15) is 0 Å². The van der Waals surface area contributed by atoms with Gasteiger partial charge in [-0.15, -0.1) is 0 Å². The molecule has 1 fully saturated rings. The summed E-state index contributed by atoms with van der Waals surface area (Å²) in [6.45, 7) is 0. The Hall–Kier alpha value is -4.88. The van der Waals surface area contributed by atoms with E-state index in [1.807, 2.05) is 0 Å². The molecule has 260 valence electrons. The lowest BCUT2D eigenvalue weighted by atomic mass is 9.79. The van der Waals surface area contributed by atoms with E-state index in [2.05, 4.69) is 158 Å². The SMILES string of the molecule is C1=C[C@H]2C[C@@H]1C1CC3Oc4ccc(P(c5ccccc5)c5ccccc5)c(c4O3)-c3c(P(c4ccccc4)c4ccccc4)ccc4c3OC(CC12)O4. The topological polar surface area (TPSA) is 36.9 Å². The van der Waals surface area contributed by atoms with Gasteiger partial charge in [-0.25, -0.2) is 0 Å². The van der Waals surface area contributed by atoms with Crippen LogP contribution in [-0.2, 0) is 0 Å². The summed E-state index contributed by atoms with van der Waals surface area (Å²) < 4.78 is 28.0. The van der Waals surface area contributed by atoms with Crippen molar-refractivity contribution >= 4 is 47.7 Å². The first kappa shape index (κ1) is 31.6. The maximum atomic E-state index is 7.17. The molecule has 0 aromatic heterocycles. The van der Waals surface area contributed by atoms with Crippen molar-refractivity contribution in [2.24, 2.45) is 23.7 Å². The number of allylic oxidation sites excluding steroid dienone is 2. The minimum Gasteiger partial charge on any atom is -0.451 e. The lowest BCUT2D eigenvalue weighted by Gasteiger charge is -2.31. The van der Waals surface area contributed by atoms with Gasteiger partial charge in [-0.1, -0.05) is 133 Å². The van der Waals surface area contributed by atoms with Crippen LogP contribution in [0, 0.1) is 23.7 Å². The largest absolute Gasteiger partial charge is 0.451 e. The molecule has 0 spiro atoms. The first-order valence-electron chi connectivity index (χ1n) is 18.8. The molecule has 4 unspecified atom stereocenters. The third-order valence-electron chi connectivity index (χ3n) is 11.7. The summed E-state index contributed by atoms with van der Waals surface area (Å²) in [6.07, 6.45) is 7.05. The Morgan fingerprint density at radius 2 is 0.736 bits per heavy atom. The summed E-state index contributed by atoms with van der Waals surface area (Å²) in [5.41, 5.74) is 2.12. The molecule has 4 nitrogen and oxygen atoms in total. The van der Waals surface area contributed by atoms with E-state index in [0.29, 0.717) is 23.7 Å². The normalized spacial score (nSPS) is 24.1. The van der Waals surface area contributed by atoms with Crippen LogP contribution in [0.1, 0.15) is 19.3 Å². The van der Waals surface area contributed by atoms with Crippen LogP contribution < -0.4 is 50.8 Å². The molecule has 0 radical (unpaired) electrons. The molecule has 0 saturated heterocycles. The Morgan fingerprint density at radius 3 is 1.09 bits per heavy atom. The monoisotopic (exact) mass is 728 g/mol. The Bertz CT molecular complexity index is 2090. The van der Waals surface area contributed by atoms with Gasteiger partial charge >= 0.3 is 0 Å². The fraction of sp³-hybridized carbons (Fsp3) is 0.191. The molecule has 53 heavy (non-hydrogen) atoms. The molecule has 6 aromatic carbocycles. The van der Waals surface area contributed by atoms with Crippen LogP contribution >= 0.6 is 15.8 Å². The fourth-order valence-electron chi connectivity index (χ4n) is 9.50. The van der Waals surface area contributed by atoms with Gasteiger partial charge < -0.3 is 18.9 Å². The van der Waals surface area contributed by atoms with Crippen molar-refractivity contribution in [2.45, 2.75) is 31.8 Å². The Kier molecular flexibility index (Phi) is 7.70. The molecule has 2 aliphatic carbocycles. The van der Waals surface area contributed by atoms with Crippen molar-refractivity contribution < 1.29 is 18.9 Å². The van der Waals surface area contributed by atoms with Crippen molar-refractivity contribution in [3.63, 3.8) is 0 Å². The summed E-state index contributed by atoms with van der Waals surface area (Å²) in [6, 6.07) is 52.7. The number of benzene rings is 6. The molecule has 6 aromatic rings. The smallest absolute Gasteiger partial charge is 0.241 e. The standard InChI is InChI=1S/C47H38O4P2/c1-5-13-32(14-6-1)52(33-15-7-2-8-16-33)40-25-23-38-46-44(40)45-41(53(34-17-9-3-10-18-34)35-19-11-4-12-20-35)26-24-39-47(45)51-43(49-39)29-37-31-22-21-30(27-31)36(37)28-42(48-38)50-46/h1-26,30-31,36-37,42-43H,27-29H2/t30-,31+,36?,37?,42?,43?. The summed E-state index contributed by atoms with van der Waals surface area (Å²) in [5.74, 6) is 5.23. The quantitative estimate of drug-likeness (QED) is 0.128. The van der Waals surface area contributed by atoms with Crippen molar-refractivity contribution in [1.29, 1.82) is 0 Å². The summed E-state index contributed by atoms with van der Waals surface area (Å²) in [4.78, 5) is 0. The van der Waals surface area contributed by atoms with E-state index < -0.39 is 15.8 Å². The highest BCUT2D eigenvalue weighted by Crippen LogP contribution is 2.58. The first-order chi connectivity index (χ1) is 26.3. The zero-order valence-corrected chi connectivity index (χ0v) is 30.9.